The number of carbonyl (C=O) groups is 1. The first kappa shape index (κ1) is 13.5. The average Bonchev–Trinajstić information content (AvgIpc) is 2.28. The Morgan fingerprint density at radius 3 is 2.75 bits per heavy atom. The second-order valence-electron chi connectivity index (χ2n) is 4.60. The van der Waals surface area contributed by atoms with Crippen molar-refractivity contribution in [1.82, 2.24) is 10.2 Å². The molecule has 0 aromatic carbocycles. The number of carbonyl (C=O) groups excluding carboxylic acids is 1. The molecule has 0 bridgehead atoms. The Bertz CT molecular complexity index is 208. The molecule has 2 atom stereocenters. The van der Waals surface area contributed by atoms with Crippen molar-refractivity contribution in [2.75, 3.05) is 19.7 Å². The zero-order valence-corrected chi connectivity index (χ0v) is 10.4. The van der Waals surface area contributed by atoms with Crippen molar-refractivity contribution in [3.05, 3.63) is 0 Å². The van der Waals surface area contributed by atoms with Gasteiger partial charge >= 0.3 is 0 Å². The number of nitrogens with one attached hydrogen (secondary N) is 1. The molecule has 2 unspecified atom stereocenters. The third kappa shape index (κ3) is 3.76. The first-order valence-corrected chi connectivity index (χ1v) is 6.34. The number of hydrogen-bond donors (Lipinski definition) is 2. The van der Waals surface area contributed by atoms with Crippen LogP contribution >= 0.6 is 0 Å². The van der Waals surface area contributed by atoms with Crippen LogP contribution in [0, 0.1) is 0 Å². The molecule has 0 aromatic heterocycles. The summed E-state index contributed by atoms with van der Waals surface area (Å²) in [6, 6.07) is 0.391. The standard InChI is InChI=1S/C12H24N2O2/c1-3-7-14(8-9-15)12(16)11-6-4-5-10(2)13-11/h10-11,13,15H,3-9H2,1-2H3. The topological polar surface area (TPSA) is 52.6 Å². The number of amides is 1. The van der Waals surface area contributed by atoms with Crippen LogP contribution in [0.2, 0.25) is 0 Å². The van der Waals surface area contributed by atoms with Gasteiger partial charge in [-0.3, -0.25) is 4.79 Å². The molecule has 16 heavy (non-hydrogen) atoms. The van der Waals surface area contributed by atoms with Gasteiger partial charge in [-0.1, -0.05) is 6.92 Å². The summed E-state index contributed by atoms with van der Waals surface area (Å²) >= 11 is 0. The van der Waals surface area contributed by atoms with E-state index >= 15 is 0 Å². The zero-order valence-electron chi connectivity index (χ0n) is 10.4. The second kappa shape index (κ2) is 6.86. The lowest BCUT2D eigenvalue weighted by molar-refractivity contribution is -0.134. The van der Waals surface area contributed by atoms with E-state index in [4.69, 9.17) is 5.11 Å². The van der Waals surface area contributed by atoms with Crippen LogP contribution in [-0.4, -0.2) is 47.7 Å². The summed E-state index contributed by atoms with van der Waals surface area (Å²) in [5.74, 6) is 0.155. The highest BCUT2D eigenvalue weighted by Crippen LogP contribution is 2.14. The van der Waals surface area contributed by atoms with Gasteiger partial charge in [0, 0.05) is 19.1 Å². The van der Waals surface area contributed by atoms with Crippen molar-refractivity contribution < 1.29 is 9.90 Å². The lowest BCUT2D eigenvalue weighted by atomic mass is 9.98. The Kier molecular flexibility index (Phi) is 5.77. The molecule has 1 rings (SSSR count). The Balaban J connectivity index is 2.51. The van der Waals surface area contributed by atoms with Gasteiger partial charge in [-0.25, -0.2) is 0 Å². The number of hydrogen-bond acceptors (Lipinski definition) is 3. The van der Waals surface area contributed by atoms with Gasteiger partial charge in [0.25, 0.3) is 0 Å². The van der Waals surface area contributed by atoms with Crippen LogP contribution in [0.25, 0.3) is 0 Å². The van der Waals surface area contributed by atoms with Crippen LogP contribution in [0.1, 0.15) is 39.5 Å². The van der Waals surface area contributed by atoms with E-state index < -0.39 is 0 Å². The average molecular weight is 228 g/mol. The van der Waals surface area contributed by atoms with E-state index in [1.54, 1.807) is 4.90 Å². The third-order valence-corrected chi connectivity index (χ3v) is 3.09. The molecule has 0 aliphatic carbocycles. The normalized spacial score (nSPS) is 25.4. The van der Waals surface area contributed by atoms with E-state index in [2.05, 4.69) is 19.2 Å². The van der Waals surface area contributed by atoms with Gasteiger partial charge < -0.3 is 15.3 Å². The summed E-state index contributed by atoms with van der Waals surface area (Å²) in [4.78, 5) is 13.9. The monoisotopic (exact) mass is 228 g/mol. The minimum Gasteiger partial charge on any atom is -0.395 e. The van der Waals surface area contributed by atoms with E-state index in [9.17, 15) is 4.79 Å². The van der Waals surface area contributed by atoms with Crippen LogP contribution in [0.5, 0.6) is 0 Å². The highest BCUT2D eigenvalue weighted by molar-refractivity contribution is 5.82. The van der Waals surface area contributed by atoms with E-state index in [0.717, 1.165) is 32.2 Å². The highest BCUT2D eigenvalue weighted by Gasteiger charge is 2.27. The maximum Gasteiger partial charge on any atom is 0.239 e. The summed E-state index contributed by atoms with van der Waals surface area (Å²) in [5.41, 5.74) is 0. The fraction of sp³-hybridized carbons (Fsp3) is 0.917. The molecular weight excluding hydrogens is 204 g/mol. The lowest BCUT2D eigenvalue weighted by Crippen LogP contribution is -2.52. The Morgan fingerprint density at radius 1 is 1.44 bits per heavy atom. The molecule has 4 nitrogen and oxygen atoms in total. The Hall–Kier alpha value is -0.610. The molecule has 1 amide bonds. The largest absolute Gasteiger partial charge is 0.395 e. The van der Waals surface area contributed by atoms with Crippen LogP contribution < -0.4 is 5.32 Å². The molecule has 0 saturated carbocycles. The molecule has 1 saturated heterocycles. The molecule has 1 aliphatic rings. The van der Waals surface area contributed by atoms with Gasteiger partial charge in [0.05, 0.1) is 12.6 Å². The lowest BCUT2D eigenvalue weighted by Gasteiger charge is -2.32. The Morgan fingerprint density at radius 2 is 2.19 bits per heavy atom. The fourth-order valence-corrected chi connectivity index (χ4v) is 2.28. The van der Waals surface area contributed by atoms with E-state index in [1.807, 2.05) is 0 Å². The van der Waals surface area contributed by atoms with Gasteiger partial charge in [-0.05, 0) is 32.6 Å². The number of aliphatic hydroxyl groups excluding tert-OH is 1. The predicted molar refractivity (Wildman–Crippen MR) is 64.2 cm³/mol. The molecule has 1 fully saturated rings. The van der Waals surface area contributed by atoms with Crippen LogP contribution in [0.3, 0.4) is 0 Å². The van der Waals surface area contributed by atoms with Crippen molar-refractivity contribution in [1.29, 1.82) is 0 Å². The third-order valence-electron chi connectivity index (χ3n) is 3.09. The number of aliphatic hydroxyl groups is 1. The number of nitrogens with zero attached hydrogens (tertiary/aromatic N) is 1. The molecule has 1 aliphatic heterocycles. The number of rotatable bonds is 5. The molecule has 2 N–H and O–H groups in total. The maximum atomic E-state index is 12.2. The van der Waals surface area contributed by atoms with Crippen molar-refractivity contribution in [2.24, 2.45) is 0 Å². The molecule has 94 valence electrons. The predicted octanol–water partition coefficient (Wildman–Crippen LogP) is 0.748. The second-order valence-corrected chi connectivity index (χ2v) is 4.60. The van der Waals surface area contributed by atoms with E-state index in [0.29, 0.717) is 12.6 Å². The maximum absolute atomic E-state index is 12.2. The summed E-state index contributed by atoms with van der Waals surface area (Å²) in [5, 5.41) is 12.3. The molecule has 0 aromatic rings. The highest BCUT2D eigenvalue weighted by atomic mass is 16.3. The number of piperidine rings is 1. The van der Waals surface area contributed by atoms with E-state index in [-0.39, 0.29) is 18.6 Å². The van der Waals surface area contributed by atoms with Crippen LogP contribution in [0.4, 0.5) is 0 Å². The van der Waals surface area contributed by atoms with E-state index in [1.165, 1.54) is 0 Å². The minimum atomic E-state index is -0.0400. The quantitative estimate of drug-likeness (QED) is 0.730. The first-order chi connectivity index (χ1) is 7.69. The minimum absolute atomic E-state index is 0.0400. The first-order valence-electron chi connectivity index (χ1n) is 6.34. The van der Waals surface area contributed by atoms with Gasteiger partial charge in [0.2, 0.25) is 5.91 Å². The molecular formula is C12H24N2O2. The SMILES string of the molecule is CCCN(CCO)C(=O)C1CCCC(C)N1. The molecule has 0 radical (unpaired) electrons. The summed E-state index contributed by atoms with van der Waals surface area (Å²) < 4.78 is 0. The Labute approximate surface area is 98.0 Å². The van der Waals surface area contributed by atoms with Crippen molar-refractivity contribution in [3.63, 3.8) is 0 Å². The van der Waals surface area contributed by atoms with Crippen LogP contribution in [0.15, 0.2) is 0 Å². The fourth-order valence-electron chi connectivity index (χ4n) is 2.28. The summed E-state index contributed by atoms with van der Waals surface area (Å²) in [6.07, 6.45) is 4.13. The van der Waals surface area contributed by atoms with Crippen molar-refractivity contribution in [3.8, 4) is 0 Å². The zero-order chi connectivity index (χ0) is 12.0. The van der Waals surface area contributed by atoms with Gasteiger partial charge in [0.1, 0.15) is 0 Å². The molecule has 1 heterocycles. The van der Waals surface area contributed by atoms with Crippen molar-refractivity contribution in [2.45, 2.75) is 51.6 Å². The molecule has 4 heteroatoms. The molecule has 0 spiro atoms. The summed E-state index contributed by atoms with van der Waals surface area (Å²) in [7, 11) is 0. The smallest absolute Gasteiger partial charge is 0.239 e. The van der Waals surface area contributed by atoms with Crippen molar-refractivity contribution >= 4 is 5.91 Å². The van der Waals surface area contributed by atoms with Gasteiger partial charge in [-0.2, -0.15) is 0 Å². The van der Waals surface area contributed by atoms with Gasteiger partial charge in [-0.15, -0.1) is 0 Å². The van der Waals surface area contributed by atoms with Crippen LogP contribution in [-0.2, 0) is 4.79 Å². The van der Waals surface area contributed by atoms with Gasteiger partial charge in [0.15, 0.2) is 0 Å². The summed E-state index contributed by atoms with van der Waals surface area (Å²) in [6.45, 7) is 5.42.